The van der Waals surface area contributed by atoms with Gasteiger partial charge in [0.25, 0.3) is 0 Å². The Morgan fingerprint density at radius 3 is 2.59 bits per heavy atom. The van der Waals surface area contributed by atoms with E-state index in [2.05, 4.69) is 22.2 Å². The van der Waals surface area contributed by atoms with Crippen LogP contribution >= 0.6 is 0 Å². The maximum absolute atomic E-state index is 13.0. The molecule has 2 aliphatic rings. The summed E-state index contributed by atoms with van der Waals surface area (Å²) in [6, 6.07) is 7.09. The predicted octanol–water partition coefficient (Wildman–Crippen LogP) is 1.45. The number of piperidine rings is 1. The van der Waals surface area contributed by atoms with E-state index in [0.29, 0.717) is 12.6 Å². The summed E-state index contributed by atoms with van der Waals surface area (Å²) in [6.45, 7) is 4.49. The zero-order chi connectivity index (χ0) is 15.6. The average molecular weight is 307 g/mol. The number of likely N-dealkylation sites (tertiary alicyclic amines) is 1. The van der Waals surface area contributed by atoms with Crippen LogP contribution in [0.5, 0.6) is 0 Å². The molecule has 0 spiro atoms. The van der Waals surface area contributed by atoms with Crippen LogP contribution in [0.3, 0.4) is 0 Å². The first-order chi connectivity index (χ1) is 10.5. The van der Waals surface area contributed by atoms with E-state index in [-0.39, 0.29) is 5.82 Å². The van der Waals surface area contributed by atoms with Gasteiger partial charge in [0, 0.05) is 44.5 Å². The number of hydrogen-bond donors (Lipinski definition) is 2. The molecule has 1 atom stereocenters. The minimum absolute atomic E-state index is 0.192. The van der Waals surface area contributed by atoms with Gasteiger partial charge in [-0.3, -0.25) is 0 Å². The van der Waals surface area contributed by atoms with Crippen LogP contribution in [0, 0.1) is 5.82 Å². The maximum Gasteiger partial charge on any atom is 0.123 e. The summed E-state index contributed by atoms with van der Waals surface area (Å²) in [5, 5.41) is 14.2. The van der Waals surface area contributed by atoms with E-state index < -0.39 is 5.60 Å². The molecule has 3 rings (SSSR count). The lowest BCUT2D eigenvalue weighted by Gasteiger charge is -2.37. The fourth-order valence-electron chi connectivity index (χ4n) is 3.36. The molecular weight excluding hydrogens is 281 g/mol. The predicted molar refractivity (Wildman–Crippen MR) is 86.7 cm³/mol. The average Bonchev–Trinajstić information content (AvgIpc) is 2.99. The molecule has 1 aromatic carbocycles. The molecule has 1 aromatic rings. The molecule has 22 heavy (non-hydrogen) atoms. The van der Waals surface area contributed by atoms with Crippen LogP contribution in [-0.4, -0.2) is 61.4 Å². The molecule has 0 saturated carbocycles. The molecule has 2 fully saturated rings. The summed E-state index contributed by atoms with van der Waals surface area (Å²) in [5.74, 6) is -0.192. The molecule has 122 valence electrons. The van der Waals surface area contributed by atoms with E-state index in [4.69, 9.17) is 0 Å². The first kappa shape index (κ1) is 15.7. The van der Waals surface area contributed by atoms with Gasteiger partial charge in [-0.05, 0) is 50.6 Å². The second kappa shape index (κ2) is 6.52. The quantitative estimate of drug-likeness (QED) is 0.883. The first-order valence-corrected chi connectivity index (χ1v) is 8.19. The molecule has 0 amide bonds. The summed E-state index contributed by atoms with van der Waals surface area (Å²) < 4.78 is 13.0. The van der Waals surface area contributed by atoms with Gasteiger partial charge in [-0.1, -0.05) is 0 Å². The van der Waals surface area contributed by atoms with E-state index in [1.54, 1.807) is 0 Å². The number of benzene rings is 1. The summed E-state index contributed by atoms with van der Waals surface area (Å²) in [5.41, 5.74) is 0.513. The Labute approximate surface area is 131 Å². The maximum atomic E-state index is 13.0. The molecule has 2 saturated heterocycles. The van der Waals surface area contributed by atoms with Gasteiger partial charge in [-0.15, -0.1) is 0 Å². The number of rotatable bonds is 4. The molecule has 0 unspecified atom stereocenters. The van der Waals surface area contributed by atoms with Crippen molar-refractivity contribution in [3.8, 4) is 0 Å². The minimum atomic E-state index is -0.560. The second-order valence-electron chi connectivity index (χ2n) is 6.82. The SMILES string of the molecule is CN1CCC(O)(CN[C@H]2CCN(c3ccc(F)cc3)C2)CC1. The van der Waals surface area contributed by atoms with Gasteiger partial charge in [-0.25, -0.2) is 4.39 Å². The Bertz CT molecular complexity index is 485. The van der Waals surface area contributed by atoms with E-state index in [0.717, 1.165) is 51.1 Å². The van der Waals surface area contributed by atoms with Gasteiger partial charge in [-0.2, -0.15) is 0 Å². The van der Waals surface area contributed by atoms with E-state index in [1.165, 1.54) is 12.1 Å². The van der Waals surface area contributed by atoms with Gasteiger partial charge >= 0.3 is 0 Å². The minimum Gasteiger partial charge on any atom is -0.388 e. The summed E-state index contributed by atoms with van der Waals surface area (Å²) >= 11 is 0. The van der Waals surface area contributed by atoms with E-state index in [1.807, 2.05) is 12.1 Å². The number of aliphatic hydroxyl groups is 1. The highest BCUT2D eigenvalue weighted by atomic mass is 19.1. The Morgan fingerprint density at radius 1 is 1.23 bits per heavy atom. The molecule has 2 N–H and O–H groups in total. The zero-order valence-corrected chi connectivity index (χ0v) is 13.3. The van der Waals surface area contributed by atoms with Gasteiger partial charge in [0.15, 0.2) is 0 Å². The van der Waals surface area contributed by atoms with Crippen molar-refractivity contribution in [3.05, 3.63) is 30.1 Å². The Kier molecular flexibility index (Phi) is 4.66. The van der Waals surface area contributed by atoms with Crippen LogP contribution in [0.2, 0.25) is 0 Å². The smallest absolute Gasteiger partial charge is 0.123 e. The fraction of sp³-hybridized carbons (Fsp3) is 0.647. The lowest BCUT2D eigenvalue weighted by atomic mass is 9.91. The van der Waals surface area contributed by atoms with Gasteiger partial charge in [0.2, 0.25) is 0 Å². The van der Waals surface area contributed by atoms with Crippen LogP contribution < -0.4 is 10.2 Å². The van der Waals surface area contributed by atoms with E-state index in [9.17, 15) is 9.50 Å². The highest BCUT2D eigenvalue weighted by molar-refractivity contribution is 5.47. The number of nitrogens with one attached hydrogen (secondary N) is 1. The van der Waals surface area contributed by atoms with Crippen LogP contribution in [0.15, 0.2) is 24.3 Å². The van der Waals surface area contributed by atoms with Crippen molar-refractivity contribution < 1.29 is 9.50 Å². The molecular formula is C17H26FN3O. The topological polar surface area (TPSA) is 38.7 Å². The van der Waals surface area contributed by atoms with Crippen molar-refractivity contribution in [1.29, 1.82) is 0 Å². The van der Waals surface area contributed by atoms with E-state index >= 15 is 0 Å². The lowest BCUT2D eigenvalue weighted by molar-refractivity contribution is -0.0158. The summed E-state index contributed by atoms with van der Waals surface area (Å²) in [6.07, 6.45) is 2.74. The molecule has 0 aromatic heterocycles. The van der Waals surface area contributed by atoms with Crippen molar-refractivity contribution in [2.24, 2.45) is 0 Å². The van der Waals surface area contributed by atoms with Crippen molar-refractivity contribution >= 4 is 5.69 Å². The molecule has 2 heterocycles. The highest BCUT2D eigenvalue weighted by Gasteiger charge is 2.32. The second-order valence-corrected chi connectivity index (χ2v) is 6.82. The summed E-state index contributed by atoms with van der Waals surface area (Å²) in [7, 11) is 2.10. The van der Waals surface area contributed by atoms with Crippen molar-refractivity contribution in [1.82, 2.24) is 10.2 Å². The third-order valence-electron chi connectivity index (χ3n) is 5.02. The Balaban J connectivity index is 1.48. The molecule has 0 radical (unpaired) electrons. The van der Waals surface area contributed by atoms with Crippen molar-refractivity contribution in [2.45, 2.75) is 30.9 Å². The molecule has 2 aliphatic heterocycles. The zero-order valence-electron chi connectivity index (χ0n) is 13.3. The number of anilines is 1. The number of halogens is 1. The standard InChI is InChI=1S/C17H26FN3O/c1-20-10-7-17(22,8-11-20)13-19-15-6-9-21(12-15)16-4-2-14(18)3-5-16/h2-5,15,19,22H,6-13H2,1H3/t15-/m0/s1. The molecule has 5 heteroatoms. The Morgan fingerprint density at radius 2 is 1.91 bits per heavy atom. The number of hydrogen-bond acceptors (Lipinski definition) is 4. The largest absolute Gasteiger partial charge is 0.388 e. The molecule has 4 nitrogen and oxygen atoms in total. The third-order valence-corrected chi connectivity index (χ3v) is 5.02. The summed E-state index contributed by atoms with van der Waals surface area (Å²) in [4.78, 5) is 4.54. The lowest BCUT2D eigenvalue weighted by Crippen LogP contribution is -2.51. The molecule has 0 aliphatic carbocycles. The third kappa shape index (κ3) is 3.77. The van der Waals surface area contributed by atoms with Crippen LogP contribution in [-0.2, 0) is 0 Å². The highest BCUT2D eigenvalue weighted by Crippen LogP contribution is 2.23. The van der Waals surface area contributed by atoms with Gasteiger partial charge < -0.3 is 20.2 Å². The first-order valence-electron chi connectivity index (χ1n) is 8.19. The van der Waals surface area contributed by atoms with Crippen molar-refractivity contribution in [3.63, 3.8) is 0 Å². The van der Waals surface area contributed by atoms with Crippen LogP contribution in [0.4, 0.5) is 10.1 Å². The van der Waals surface area contributed by atoms with Crippen LogP contribution in [0.1, 0.15) is 19.3 Å². The van der Waals surface area contributed by atoms with Crippen molar-refractivity contribution in [2.75, 3.05) is 44.7 Å². The Hall–Kier alpha value is -1.17. The monoisotopic (exact) mass is 307 g/mol. The van der Waals surface area contributed by atoms with Crippen LogP contribution in [0.25, 0.3) is 0 Å². The molecule has 0 bridgehead atoms. The van der Waals surface area contributed by atoms with Gasteiger partial charge in [0.05, 0.1) is 5.60 Å². The fourth-order valence-corrected chi connectivity index (χ4v) is 3.36. The normalized spacial score (nSPS) is 25.6. The van der Waals surface area contributed by atoms with Gasteiger partial charge in [0.1, 0.15) is 5.82 Å². The number of nitrogens with zero attached hydrogens (tertiary/aromatic N) is 2.